The molecule has 2 aromatic carbocycles. The van der Waals surface area contributed by atoms with Gasteiger partial charge in [0, 0.05) is 35.9 Å². The highest BCUT2D eigenvalue weighted by atomic mass is 35.5. The molecule has 0 atom stereocenters. The zero-order valence-corrected chi connectivity index (χ0v) is 16.1. The Kier molecular flexibility index (Phi) is 6.38. The van der Waals surface area contributed by atoms with Crippen LogP contribution in [0.3, 0.4) is 0 Å². The zero-order valence-electron chi connectivity index (χ0n) is 15.3. The van der Waals surface area contributed by atoms with E-state index in [1.807, 2.05) is 48.5 Å². The van der Waals surface area contributed by atoms with E-state index in [9.17, 15) is 10.1 Å². The molecule has 3 aromatic rings. The average Bonchev–Trinajstić information content (AvgIpc) is 3.15. The number of Topliss-reactive ketones (excluding diaryl/α,β-unsaturated/α-hetero) is 1. The van der Waals surface area contributed by atoms with Crippen LogP contribution in [0, 0.1) is 11.3 Å². The fraction of sp³-hybridized carbons (Fsp3) is 0.136. The van der Waals surface area contributed by atoms with Gasteiger partial charge in [0.15, 0.2) is 5.78 Å². The Balaban J connectivity index is 2.09. The number of benzene rings is 2. The van der Waals surface area contributed by atoms with Crippen LogP contribution in [0.25, 0.3) is 23.0 Å². The van der Waals surface area contributed by atoms with Crippen molar-refractivity contribution in [2.24, 2.45) is 0 Å². The molecule has 0 N–H and O–H groups in total. The first kappa shape index (κ1) is 19.6. The number of para-hydroxylation sites is 1. The number of halogens is 1. The summed E-state index contributed by atoms with van der Waals surface area (Å²) in [6.07, 6.45) is 3.54. The Hall–Kier alpha value is -3.20. The number of methoxy groups -OCH3 is 1. The Morgan fingerprint density at radius 2 is 1.93 bits per heavy atom. The molecule has 0 amide bonds. The van der Waals surface area contributed by atoms with E-state index in [1.165, 1.54) is 7.11 Å². The predicted octanol–water partition coefficient (Wildman–Crippen LogP) is 4.71. The number of carbonyl (C=O) groups is 1. The van der Waals surface area contributed by atoms with Crippen molar-refractivity contribution in [3.05, 3.63) is 77.0 Å². The Bertz CT molecular complexity index is 1030. The van der Waals surface area contributed by atoms with E-state index in [-0.39, 0.29) is 24.4 Å². The molecule has 0 fully saturated rings. The average molecular weight is 392 g/mol. The molecule has 0 spiro atoms. The van der Waals surface area contributed by atoms with Crippen LogP contribution in [0.2, 0.25) is 5.02 Å². The van der Waals surface area contributed by atoms with Gasteiger partial charge in [-0.2, -0.15) is 10.4 Å². The lowest BCUT2D eigenvalue weighted by atomic mass is 10.0. The lowest BCUT2D eigenvalue weighted by Crippen LogP contribution is -2.04. The number of nitriles is 1. The van der Waals surface area contributed by atoms with Gasteiger partial charge in [-0.15, -0.1) is 0 Å². The van der Waals surface area contributed by atoms with Crippen LogP contribution >= 0.6 is 11.6 Å². The SMILES string of the molecule is COCCC(=O)/C(C#N)=C\c1cn(-c2ccccc2)nc1-c1ccc(Cl)cc1. The first-order valence-electron chi connectivity index (χ1n) is 8.67. The minimum Gasteiger partial charge on any atom is -0.384 e. The summed E-state index contributed by atoms with van der Waals surface area (Å²) in [5.74, 6) is -0.265. The van der Waals surface area contributed by atoms with Crippen LogP contribution in [-0.2, 0) is 9.53 Å². The molecule has 140 valence electrons. The first-order valence-corrected chi connectivity index (χ1v) is 9.05. The van der Waals surface area contributed by atoms with Gasteiger partial charge in [-0.25, -0.2) is 4.68 Å². The molecule has 1 aromatic heterocycles. The van der Waals surface area contributed by atoms with Crippen molar-refractivity contribution in [2.45, 2.75) is 6.42 Å². The van der Waals surface area contributed by atoms with Crippen molar-refractivity contribution in [1.82, 2.24) is 9.78 Å². The van der Waals surface area contributed by atoms with Crippen LogP contribution in [0.1, 0.15) is 12.0 Å². The van der Waals surface area contributed by atoms with E-state index in [4.69, 9.17) is 16.3 Å². The van der Waals surface area contributed by atoms with E-state index in [2.05, 4.69) is 5.10 Å². The quantitative estimate of drug-likeness (QED) is 0.432. The first-order chi connectivity index (χ1) is 13.6. The summed E-state index contributed by atoms with van der Waals surface area (Å²) in [5, 5.41) is 14.7. The molecule has 0 radical (unpaired) electrons. The van der Waals surface area contributed by atoms with Gasteiger partial charge in [-0.1, -0.05) is 41.9 Å². The molecule has 0 unspecified atom stereocenters. The van der Waals surface area contributed by atoms with Crippen LogP contribution in [-0.4, -0.2) is 29.3 Å². The number of carbonyl (C=O) groups excluding carboxylic acids is 1. The number of ether oxygens (including phenoxy) is 1. The van der Waals surface area contributed by atoms with Crippen molar-refractivity contribution in [1.29, 1.82) is 5.26 Å². The highest BCUT2D eigenvalue weighted by Crippen LogP contribution is 2.27. The molecule has 5 nitrogen and oxygen atoms in total. The fourth-order valence-electron chi connectivity index (χ4n) is 2.70. The molecular formula is C22H18ClN3O2. The number of ketones is 1. The van der Waals surface area contributed by atoms with Crippen molar-refractivity contribution < 1.29 is 9.53 Å². The van der Waals surface area contributed by atoms with E-state index in [0.717, 1.165) is 11.3 Å². The van der Waals surface area contributed by atoms with E-state index in [0.29, 0.717) is 16.3 Å². The summed E-state index contributed by atoms with van der Waals surface area (Å²) in [4.78, 5) is 12.3. The predicted molar refractivity (Wildman–Crippen MR) is 109 cm³/mol. The topological polar surface area (TPSA) is 67.9 Å². The lowest BCUT2D eigenvalue weighted by molar-refractivity contribution is -0.115. The number of allylic oxidation sites excluding steroid dienone is 1. The minimum atomic E-state index is -0.265. The monoisotopic (exact) mass is 391 g/mol. The molecule has 3 rings (SSSR count). The third-order valence-corrected chi connectivity index (χ3v) is 4.39. The number of hydrogen-bond donors (Lipinski definition) is 0. The second-order valence-electron chi connectivity index (χ2n) is 6.06. The van der Waals surface area contributed by atoms with Crippen LogP contribution in [0.15, 0.2) is 66.4 Å². The summed E-state index contributed by atoms with van der Waals surface area (Å²) < 4.78 is 6.66. The van der Waals surface area contributed by atoms with Gasteiger partial charge in [0.2, 0.25) is 0 Å². The highest BCUT2D eigenvalue weighted by molar-refractivity contribution is 6.30. The van der Waals surface area contributed by atoms with E-state index < -0.39 is 0 Å². The maximum absolute atomic E-state index is 12.3. The molecule has 0 saturated heterocycles. The molecule has 1 heterocycles. The van der Waals surface area contributed by atoms with Gasteiger partial charge in [-0.05, 0) is 30.3 Å². The second kappa shape index (κ2) is 9.14. The van der Waals surface area contributed by atoms with Gasteiger partial charge in [-0.3, -0.25) is 4.79 Å². The summed E-state index contributed by atoms with van der Waals surface area (Å²) in [5.41, 5.74) is 3.12. The molecule has 0 aliphatic rings. The molecule has 0 saturated carbocycles. The summed E-state index contributed by atoms with van der Waals surface area (Å²) >= 11 is 6.00. The van der Waals surface area contributed by atoms with Crippen LogP contribution in [0.5, 0.6) is 0 Å². The second-order valence-corrected chi connectivity index (χ2v) is 6.49. The minimum absolute atomic E-state index is 0.0693. The Labute approximate surface area is 168 Å². The molecule has 28 heavy (non-hydrogen) atoms. The number of nitrogens with zero attached hydrogens (tertiary/aromatic N) is 3. The third-order valence-electron chi connectivity index (χ3n) is 4.13. The van der Waals surface area contributed by atoms with Crippen molar-refractivity contribution in [3.8, 4) is 23.0 Å². The molecule has 0 bridgehead atoms. The summed E-state index contributed by atoms with van der Waals surface area (Å²) in [6.45, 7) is 0.269. The normalized spacial score (nSPS) is 11.2. The summed E-state index contributed by atoms with van der Waals surface area (Å²) in [7, 11) is 1.52. The molecule has 0 aliphatic heterocycles. The standard InChI is InChI=1S/C22H18ClN3O2/c1-28-12-11-21(27)17(14-24)13-18-15-26(20-5-3-2-4-6-20)25-22(18)16-7-9-19(23)10-8-16/h2-10,13,15H,11-12H2,1H3/b17-13-. The van der Waals surface area contributed by atoms with Crippen molar-refractivity contribution >= 4 is 23.5 Å². The zero-order chi connectivity index (χ0) is 19.9. The maximum Gasteiger partial charge on any atom is 0.175 e. The third kappa shape index (κ3) is 4.55. The highest BCUT2D eigenvalue weighted by Gasteiger charge is 2.15. The molecule has 0 aliphatic carbocycles. The number of hydrogen-bond acceptors (Lipinski definition) is 4. The van der Waals surface area contributed by atoms with Gasteiger partial charge in [0.25, 0.3) is 0 Å². The number of rotatable bonds is 7. The van der Waals surface area contributed by atoms with Gasteiger partial charge in [0.1, 0.15) is 6.07 Å². The largest absolute Gasteiger partial charge is 0.384 e. The van der Waals surface area contributed by atoms with Crippen molar-refractivity contribution in [2.75, 3.05) is 13.7 Å². The van der Waals surface area contributed by atoms with Crippen LogP contribution in [0.4, 0.5) is 0 Å². The van der Waals surface area contributed by atoms with Gasteiger partial charge in [0.05, 0.1) is 23.6 Å². The van der Waals surface area contributed by atoms with Gasteiger partial charge >= 0.3 is 0 Å². The molecular weight excluding hydrogens is 374 g/mol. The Morgan fingerprint density at radius 1 is 1.21 bits per heavy atom. The number of aromatic nitrogens is 2. The van der Waals surface area contributed by atoms with Crippen molar-refractivity contribution in [3.63, 3.8) is 0 Å². The van der Waals surface area contributed by atoms with Crippen LogP contribution < -0.4 is 0 Å². The summed E-state index contributed by atoms with van der Waals surface area (Å²) in [6, 6.07) is 18.9. The Morgan fingerprint density at radius 3 is 2.57 bits per heavy atom. The molecule has 6 heteroatoms. The maximum atomic E-state index is 12.3. The van der Waals surface area contributed by atoms with Gasteiger partial charge < -0.3 is 4.74 Å². The van der Waals surface area contributed by atoms with E-state index in [1.54, 1.807) is 29.1 Å². The fourth-order valence-corrected chi connectivity index (χ4v) is 2.82. The smallest absolute Gasteiger partial charge is 0.175 e. The van der Waals surface area contributed by atoms with E-state index >= 15 is 0 Å². The lowest BCUT2D eigenvalue weighted by Gasteiger charge is -2.01.